The number of aryl methyl sites for hydroxylation is 2. The second-order valence-corrected chi connectivity index (χ2v) is 10.8. The minimum atomic E-state index is -0.967. The van der Waals surface area contributed by atoms with E-state index in [4.69, 9.17) is 0 Å². The van der Waals surface area contributed by atoms with E-state index in [1.165, 1.54) is 54.9 Å². The molecule has 0 N–H and O–H groups in total. The van der Waals surface area contributed by atoms with Crippen molar-refractivity contribution in [2.75, 3.05) is 0 Å². The van der Waals surface area contributed by atoms with Crippen molar-refractivity contribution >= 4 is 19.2 Å². The normalized spacial score (nSPS) is 10.2. The molecule has 4 aromatic rings. The maximum atomic E-state index is 2.36. The Morgan fingerprint density at radius 2 is 1.06 bits per heavy atom. The third-order valence-corrected chi connectivity index (χ3v) is 9.74. The summed E-state index contributed by atoms with van der Waals surface area (Å²) in [6.45, 7) is 11.4. The molecule has 0 fully saturated rings. The standard InChI is InChI=1S/C29H30Si.2CH3.Ti/c1-20-13-9-11-17-27(20)30(28-18-12-10-14-21(28)2)19-26-23(4)22(3)24(5)29(26)25-15-7-6-8-16-25;;;/h6-18H,19H2,1-5H3;2*1H3;/q3*-1;+3. The number of hydrogen-bond acceptors (Lipinski definition) is 0. The molecule has 0 heterocycles. The van der Waals surface area contributed by atoms with Crippen molar-refractivity contribution < 1.29 is 21.7 Å². The predicted octanol–water partition coefficient (Wildman–Crippen LogP) is 6.90. The van der Waals surface area contributed by atoms with Gasteiger partial charge in [0, 0.05) is 0 Å². The van der Waals surface area contributed by atoms with E-state index >= 15 is 0 Å². The van der Waals surface area contributed by atoms with E-state index in [9.17, 15) is 0 Å². The van der Waals surface area contributed by atoms with E-state index in [2.05, 4.69) is 113 Å². The number of hydrogen-bond donors (Lipinski definition) is 0. The molecule has 4 rings (SSSR count). The van der Waals surface area contributed by atoms with Crippen molar-refractivity contribution in [1.82, 2.24) is 0 Å². The van der Waals surface area contributed by atoms with Gasteiger partial charge < -0.3 is 14.9 Å². The minimum absolute atomic E-state index is 0. The van der Waals surface area contributed by atoms with Crippen LogP contribution in [0.3, 0.4) is 0 Å². The summed E-state index contributed by atoms with van der Waals surface area (Å²) in [7, 11) is -0.967. The summed E-state index contributed by atoms with van der Waals surface area (Å²) < 4.78 is 0. The average Bonchev–Trinajstić information content (AvgIpc) is 2.97. The molecule has 0 nitrogen and oxygen atoms in total. The van der Waals surface area contributed by atoms with Crippen LogP contribution in [-0.4, -0.2) is 8.80 Å². The first-order valence-electron chi connectivity index (χ1n) is 10.8. The molecule has 0 unspecified atom stereocenters. The molecule has 4 aromatic carbocycles. The SMILES string of the molecule is Cc1ccccc1[Si](C[c-]1c(C)c(C)c(C)c1-c1ccccc1)c1ccccc1C.[CH3-].[CH3-].[Ti+3]. The Morgan fingerprint density at radius 1 is 0.606 bits per heavy atom. The first-order chi connectivity index (χ1) is 14.5. The molecular formula is C31H36SiTi. The molecule has 33 heavy (non-hydrogen) atoms. The molecule has 0 aliphatic carbocycles. The molecule has 0 spiro atoms. The van der Waals surface area contributed by atoms with Gasteiger partial charge in [-0.15, -0.1) is 16.7 Å². The first kappa shape index (κ1) is 29.0. The van der Waals surface area contributed by atoms with Gasteiger partial charge in [-0.3, -0.25) is 0 Å². The summed E-state index contributed by atoms with van der Waals surface area (Å²) in [5.41, 5.74) is 11.5. The van der Waals surface area contributed by atoms with Gasteiger partial charge in [0.05, 0.1) is 0 Å². The molecule has 0 aromatic heterocycles. The van der Waals surface area contributed by atoms with E-state index < -0.39 is 8.80 Å². The third-order valence-electron chi connectivity index (χ3n) is 6.61. The monoisotopic (exact) mass is 484 g/mol. The zero-order valence-corrected chi connectivity index (χ0v) is 23.8. The number of benzene rings is 3. The summed E-state index contributed by atoms with van der Waals surface area (Å²) in [6.07, 6.45) is 0. The molecule has 0 aliphatic heterocycles. The summed E-state index contributed by atoms with van der Waals surface area (Å²) in [5.74, 6) is 0. The van der Waals surface area contributed by atoms with Crippen LogP contribution in [0, 0.1) is 49.5 Å². The zero-order valence-electron chi connectivity index (χ0n) is 21.2. The Hall–Kier alpha value is -2.06. The molecule has 0 atom stereocenters. The molecule has 0 aliphatic rings. The van der Waals surface area contributed by atoms with Crippen LogP contribution >= 0.6 is 0 Å². The van der Waals surface area contributed by atoms with Crippen molar-refractivity contribution in [1.29, 1.82) is 0 Å². The second-order valence-electron chi connectivity index (χ2n) is 8.38. The molecule has 168 valence electrons. The Balaban J connectivity index is 0.00000181. The van der Waals surface area contributed by atoms with Gasteiger partial charge in [-0.1, -0.05) is 133 Å². The van der Waals surface area contributed by atoms with E-state index in [0.29, 0.717) is 0 Å². The average molecular weight is 485 g/mol. The van der Waals surface area contributed by atoms with Gasteiger partial charge in [-0.25, -0.2) is 0 Å². The Morgan fingerprint density at radius 3 is 1.55 bits per heavy atom. The van der Waals surface area contributed by atoms with Crippen LogP contribution in [0.25, 0.3) is 11.1 Å². The summed E-state index contributed by atoms with van der Waals surface area (Å²) in [5, 5.41) is 3.07. The number of rotatable bonds is 5. The minimum Gasteiger partial charge on any atom is -0.358 e. The molecule has 0 amide bonds. The maximum absolute atomic E-state index is 2.36. The maximum Gasteiger partial charge on any atom is 3.00 e. The topological polar surface area (TPSA) is 0 Å². The van der Waals surface area contributed by atoms with Crippen LogP contribution in [0.1, 0.15) is 33.4 Å². The fraction of sp³-hybridized carbons (Fsp3) is 0.194. The summed E-state index contributed by atoms with van der Waals surface area (Å²) in [6, 6.07) is 30.0. The van der Waals surface area contributed by atoms with E-state index in [-0.39, 0.29) is 36.6 Å². The predicted molar refractivity (Wildman–Crippen MR) is 146 cm³/mol. The van der Waals surface area contributed by atoms with Gasteiger partial charge in [0.2, 0.25) is 0 Å². The largest absolute Gasteiger partial charge is 3.00 e. The van der Waals surface area contributed by atoms with Gasteiger partial charge in [0.25, 0.3) is 0 Å². The summed E-state index contributed by atoms with van der Waals surface area (Å²) >= 11 is 0. The fourth-order valence-corrected chi connectivity index (χ4v) is 7.84. The first-order valence-corrected chi connectivity index (χ1v) is 12.5. The van der Waals surface area contributed by atoms with Crippen LogP contribution < -0.4 is 10.4 Å². The van der Waals surface area contributed by atoms with Gasteiger partial charge in [-0.05, 0) is 13.8 Å². The summed E-state index contributed by atoms with van der Waals surface area (Å²) in [4.78, 5) is 0. The van der Waals surface area contributed by atoms with Crippen LogP contribution in [0.2, 0.25) is 0 Å². The smallest absolute Gasteiger partial charge is 0.358 e. The molecule has 0 saturated heterocycles. The van der Waals surface area contributed by atoms with E-state index in [1.54, 1.807) is 0 Å². The second kappa shape index (κ2) is 12.4. The fourth-order valence-electron chi connectivity index (χ4n) is 4.66. The Kier molecular flexibility index (Phi) is 10.9. The molecule has 0 saturated carbocycles. The van der Waals surface area contributed by atoms with Gasteiger partial charge >= 0.3 is 21.7 Å². The van der Waals surface area contributed by atoms with Crippen LogP contribution in [0.15, 0.2) is 78.9 Å². The van der Waals surface area contributed by atoms with Crippen molar-refractivity contribution in [2.24, 2.45) is 0 Å². The molecule has 0 bridgehead atoms. The third kappa shape index (κ3) is 5.72. The molecule has 2 radical (unpaired) electrons. The molecule has 2 heteroatoms. The van der Waals surface area contributed by atoms with Crippen LogP contribution in [-0.2, 0) is 27.8 Å². The zero-order chi connectivity index (χ0) is 21.3. The Bertz CT molecular complexity index is 1130. The van der Waals surface area contributed by atoms with Crippen molar-refractivity contribution in [3.63, 3.8) is 0 Å². The van der Waals surface area contributed by atoms with E-state index in [0.717, 1.165) is 6.04 Å². The van der Waals surface area contributed by atoms with Crippen molar-refractivity contribution in [2.45, 2.75) is 40.7 Å². The molecular weight excluding hydrogens is 448 g/mol. The van der Waals surface area contributed by atoms with Crippen molar-refractivity contribution in [3.05, 3.63) is 127 Å². The Labute approximate surface area is 219 Å². The van der Waals surface area contributed by atoms with Crippen LogP contribution in [0.5, 0.6) is 0 Å². The van der Waals surface area contributed by atoms with Crippen LogP contribution in [0.4, 0.5) is 0 Å². The van der Waals surface area contributed by atoms with Gasteiger partial charge in [0.1, 0.15) is 8.80 Å². The van der Waals surface area contributed by atoms with Crippen molar-refractivity contribution in [3.8, 4) is 11.1 Å². The van der Waals surface area contributed by atoms with Gasteiger partial charge in [0.15, 0.2) is 0 Å². The van der Waals surface area contributed by atoms with E-state index in [1.807, 2.05) is 0 Å². The van der Waals surface area contributed by atoms with Gasteiger partial charge in [-0.2, -0.15) is 11.1 Å². The quantitative estimate of drug-likeness (QED) is 0.213.